The van der Waals surface area contributed by atoms with Crippen molar-refractivity contribution in [3.63, 3.8) is 0 Å². The van der Waals surface area contributed by atoms with Crippen LogP contribution in [0.15, 0.2) is 12.2 Å². The van der Waals surface area contributed by atoms with Crippen LogP contribution in [0.1, 0.15) is 6.92 Å². The number of carbonyl (C=O) groups is 1. The predicted molar refractivity (Wildman–Crippen MR) is 43.2 cm³/mol. The van der Waals surface area contributed by atoms with Crippen molar-refractivity contribution in [3.8, 4) is 0 Å². The van der Waals surface area contributed by atoms with Gasteiger partial charge in [-0.15, -0.1) is 0 Å². The molecule has 0 radical (unpaired) electrons. The van der Waals surface area contributed by atoms with Crippen LogP contribution in [0.25, 0.3) is 0 Å². The van der Waals surface area contributed by atoms with Crippen LogP contribution in [0, 0.1) is 0 Å². The van der Waals surface area contributed by atoms with E-state index >= 15 is 0 Å². The molecule has 0 spiro atoms. The molecule has 7 heteroatoms. The summed E-state index contributed by atoms with van der Waals surface area (Å²) in [6.07, 6.45) is 2.56. The van der Waals surface area contributed by atoms with Crippen LogP contribution in [0.3, 0.4) is 0 Å². The van der Waals surface area contributed by atoms with Gasteiger partial charge in [0.2, 0.25) is 0 Å². The number of aliphatic carboxylic acids is 1. The predicted octanol–water partition coefficient (Wildman–Crippen LogP) is 0.326. The van der Waals surface area contributed by atoms with E-state index < -0.39 is 15.0 Å². The Balaban J connectivity index is 0. The summed E-state index contributed by atoms with van der Waals surface area (Å²) >= 11 is 3.47. The van der Waals surface area contributed by atoms with Gasteiger partial charge in [-0.25, -0.2) is 4.79 Å². The molecule has 0 aliphatic carbocycles. The molecular weight excluding hydrogens is 192 g/mol. The van der Waals surface area contributed by atoms with E-state index in [0.29, 0.717) is 0 Å². The standard InChI is InChI=1S/C4H6O2.H2O3S2/c1-2-3-4(5)6;1-5(2,3)4/h2-3H,1H3,(H,5,6);(H2,1,2,3,4). The highest BCUT2D eigenvalue weighted by atomic mass is 32.9. The Labute approximate surface area is 69.1 Å². The Kier molecular flexibility index (Phi) is 7.42. The third-order valence-electron chi connectivity index (χ3n) is 0.309. The number of allylic oxidation sites excluding steroid dienone is 1. The fraction of sp³-hybridized carbons (Fsp3) is 0.250. The minimum absolute atomic E-state index is 0.891. The van der Waals surface area contributed by atoms with Gasteiger partial charge in [-0.3, -0.25) is 9.11 Å². The number of carboxylic acid groups (broad SMARTS) is 1. The van der Waals surface area contributed by atoms with E-state index in [1.54, 1.807) is 6.92 Å². The minimum atomic E-state index is -3.83. The van der Waals surface area contributed by atoms with Crippen LogP contribution in [0.5, 0.6) is 0 Å². The molecule has 0 fully saturated rings. The molecule has 0 bridgehead atoms. The lowest BCUT2D eigenvalue weighted by molar-refractivity contribution is -0.131. The van der Waals surface area contributed by atoms with E-state index in [1.807, 2.05) is 0 Å². The molecule has 66 valence electrons. The SMILES string of the molecule is CC=CC(=O)O.O=S(O)(O)=S. The molecule has 0 saturated carbocycles. The van der Waals surface area contributed by atoms with Gasteiger partial charge in [0, 0.05) is 17.3 Å². The molecular formula is C4H8O5S2. The van der Waals surface area contributed by atoms with Gasteiger partial charge in [0.15, 0.2) is 0 Å². The largest absolute Gasteiger partial charge is 0.478 e. The minimum Gasteiger partial charge on any atom is -0.478 e. The van der Waals surface area contributed by atoms with Crippen LogP contribution in [0.4, 0.5) is 0 Å². The van der Waals surface area contributed by atoms with Crippen molar-refractivity contribution in [2.24, 2.45) is 0 Å². The zero-order valence-corrected chi connectivity index (χ0v) is 7.26. The third-order valence-corrected chi connectivity index (χ3v) is 0.309. The first kappa shape index (κ1) is 13.1. The lowest BCUT2D eigenvalue weighted by atomic mass is 10.5. The van der Waals surface area contributed by atoms with Crippen LogP contribution >= 0.6 is 0 Å². The Hall–Kier alpha value is -0.500. The first-order valence-electron chi connectivity index (χ1n) is 2.33. The van der Waals surface area contributed by atoms with E-state index in [-0.39, 0.29) is 0 Å². The lowest BCUT2D eigenvalue weighted by Crippen LogP contribution is -1.86. The fourth-order valence-electron chi connectivity index (χ4n) is 0.143. The van der Waals surface area contributed by atoms with E-state index in [2.05, 4.69) is 11.2 Å². The molecule has 0 heterocycles. The first-order valence-corrected chi connectivity index (χ1v) is 4.72. The zero-order chi connectivity index (χ0) is 9.49. The highest BCUT2D eigenvalue weighted by Gasteiger charge is 1.78. The Morgan fingerprint density at radius 2 is 1.82 bits per heavy atom. The van der Waals surface area contributed by atoms with E-state index in [9.17, 15) is 4.79 Å². The summed E-state index contributed by atoms with van der Waals surface area (Å²) in [7, 11) is -3.83. The Morgan fingerprint density at radius 1 is 1.55 bits per heavy atom. The molecule has 0 aromatic carbocycles. The summed E-state index contributed by atoms with van der Waals surface area (Å²) < 4.78 is 24.0. The zero-order valence-electron chi connectivity index (χ0n) is 5.63. The van der Waals surface area contributed by atoms with Crippen LogP contribution < -0.4 is 0 Å². The number of rotatable bonds is 1. The number of carboxylic acids is 1. The molecule has 0 aromatic heterocycles. The molecule has 0 aliphatic rings. The second-order valence-corrected chi connectivity index (χ2v) is 3.48. The first-order chi connectivity index (χ1) is 4.77. The van der Waals surface area contributed by atoms with Crippen molar-refractivity contribution in [2.75, 3.05) is 0 Å². The highest BCUT2D eigenvalue weighted by Crippen LogP contribution is 1.65. The molecule has 0 saturated heterocycles. The third kappa shape index (κ3) is 85.5. The molecule has 0 aromatic rings. The van der Waals surface area contributed by atoms with Crippen LogP contribution in [-0.4, -0.2) is 24.4 Å². The van der Waals surface area contributed by atoms with Crippen molar-refractivity contribution in [1.82, 2.24) is 0 Å². The maximum atomic E-state index is 9.51. The van der Waals surface area contributed by atoms with E-state index in [1.165, 1.54) is 6.08 Å². The van der Waals surface area contributed by atoms with E-state index in [0.717, 1.165) is 6.08 Å². The van der Waals surface area contributed by atoms with Gasteiger partial charge in [0.05, 0.1) is 0 Å². The van der Waals surface area contributed by atoms with Crippen LogP contribution in [0.2, 0.25) is 0 Å². The lowest BCUT2D eigenvalue weighted by Gasteiger charge is -1.73. The summed E-state index contributed by atoms with van der Waals surface area (Å²) in [5.74, 6) is -0.891. The fourth-order valence-corrected chi connectivity index (χ4v) is 0.143. The van der Waals surface area contributed by atoms with Gasteiger partial charge >= 0.3 is 5.97 Å². The quantitative estimate of drug-likeness (QED) is 0.528. The Bertz CT molecular complexity index is 219. The molecule has 0 atom stereocenters. The van der Waals surface area contributed by atoms with Gasteiger partial charge in [-0.05, 0) is 6.92 Å². The molecule has 3 N–H and O–H groups in total. The summed E-state index contributed by atoms with van der Waals surface area (Å²) in [5, 5.41) is 7.83. The Morgan fingerprint density at radius 3 is 1.82 bits per heavy atom. The summed E-state index contributed by atoms with van der Waals surface area (Å²) in [4.78, 5) is 9.51. The summed E-state index contributed by atoms with van der Waals surface area (Å²) in [6, 6.07) is 0. The molecule has 5 nitrogen and oxygen atoms in total. The summed E-state index contributed by atoms with van der Waals surface area (Å²) in [5.41, 5.74) is 0. The average molecular weight is 200 g/mol. The average Bonchev–Trinajstić information content (AvgIpc) is 1.58. The second kappa shape index (κ2) is 6.23. The van der Waals surface area contributed by atoms with Gasteiger partial charge in [-0.1, -0.05) is 6.08 Å². The normalized spacial score (nSPS) is 10.5. The van der Waals surface area contributed by atoms with Gasteiger partial charge in [-0.2, -0.15) is 4.21 Å². The molecule has 0 aliphatic heterocycles. The summed E-state index contributed by atoms with van der Waals surface area (Å²) in [6.45, 7) is 1.66. The highest BCUT2D eigenvalue weighted by molar-refractivity contribution is 8.26. The second-order valence-electron chi connectivity index (χ2n) is 1.29. The maximum absolute atomic E-state index is 9.51. The van der Waals surface area contributed by atoms with Crippen molar-refractivity contribution < 1.29 is 23.2 Å². The molecule has 0 amide bonds. The van der Waals surface area contributed by atoms with Crippen LogP contribution in [-0.2, 0) is 25.0 Å². The smallest absolute Gasteiger partial charge is 0.327 e. The molecule has 0 rings (SSSR count). The molecule has 11 heavy (non-hydrogen) atoms. The number of hydrogen-bond acceptors (Lipinski definition) is 3. The van der Waals surface area contributed by atoms with Gasteiger partial charge < -0.3 is 5.11 Å². The van der Waals surface area contributed by atoms with Gasteiger partial charge in [0.1, 0.15) is 0 Å². The van der Waals surface area contributed by atoms with Crippen molar-refractivity contribution >= 4 is 26.2 Å². The van der Waals surface area contributed by atoms with Crippen molar-refractivity contribution in [2.45, 2.75) is 6.92 Å². The topological polar surface area (TPSA) is 94.8 Å². The van der Waals surface area contributed by atoms with Crippen molar-refractivity contribution in [3.05, 3.63) is 12.2 Å². The van der Waals surface area contributed by atoms with E-state index in [4.69, 9.17) is 18.4 Å². The van der Waals surface area contributed by atoms with Crippen molar-refractivity contribution in [1.29, 1.82) is 0 Å². The monoisotopic (exact) mass is 200 g/mol. The van der Waals surface area contributed by atoms with Gasteiger partial charge in [0.25, 0.3) is 9.05 Å². The number of hydrogen-bond donors (Lipinski definition) is 3. The maximum Gasteiger partial charge on any atom is 0.327 e. The molecule has 0 unspecified atom stereocenters.